The number of anilines is 4. The molecule has 0 spiro atoms. The third-order valence-corrected chi connectivity index (χ3v) is 4.48. The van der Waals surface area contributed by atoms with Crippen LogP contribution in [0.4, 0.5) is 31.9 Å². The largest absolute Gasteiger partial charge is 0.339 e. The van der Waals surface area contributed by atoms with E-state index in [4.69, 9.17) is 11.6 Å². The highest BCUT2D eigenvalue weighted by atomic mass is 35.5. The molecular formula is C23H22ClF2N7O. The second-order valence-corrected chi connectivity index (χ2v) is 7.69. The normalized spacial score (nSPS) is 11.4. The fourth-order valence-corrected chi connectivity index (χ4v) is 2.78. The van der Waals surface area contributed by atoms with Crippen LogP contribution < -0.4 is 16.1 Å². The first kappa shape index (κ1) is 24.7. The van der Waals surface area contributed by atoms with Crippen LogP contribution in [0.5, 0.6) is 0 Å². The summed E-state index contributed by atoms with van der Waals surface area (Å²) in [7, 11) is 3.82. The zero-order valence-corrected chi connectivity index (χ0v) is 19.1. The van der Waals surface area contributed by atoms with Gasteiger partial charge in [-0.1, -0.05) is 23.7 Å². The van der Waals surface area contributed by atoms with Crippen molar-refractivity contribution in [3.63, 3.8) is 0 Å². The van der Waals surface area contributed by atoms with Crippen molar-refractivity contribution in [2.45, 2.75) is 0 Å². The zero-order chi connectivity index (χ0) is 24.5. The van der Waals surface area contributed by atoms with Gasteiger partial charge in [0.25, 0.3) is 0 Å². The summed E-state index contributed by atoms with van der Waals surface area (Å²) in [6.07, 6.45) is 5.78. The van der Waals surface area contributed by atoms with Gasteiger partial charge in [0.15, 0.2) is 5.82 Å². The van der Waals surface area contributed by atoms with Crippen LogP contribution >= 0.6 is 11.6 Å². The van der Waals surface area contributed by atoms with E-state index in [1.807, 2.05) is 19.0 Å². The Balaban J connectivity index is 1.66. The smallest absolute Gasteiger partial charge is 0.248 e. The summed E-state index contributed by atoms with van der Waals surface area (Å²) in [5, 5.41) is 9.96. The first-order valence-corrected chi connectivity index (χ1v) is 10.4. The van der Waals surface area contributed by atoms with E-state index in [2.05, 4.69) is 31.1 Å². The maximum absolute atomic E-state index is 13.7. The second kappa shape index (κ2) is 11.8. The van der Waals surface area contributed by atoms with Gasteiger partial charge in [-0.3, -0.25) is 4.79 Å². The number of rotatable bonds is 9. The molecule has 3 rings (SSSR count). The number of carbonyl (C=O) groups is 1. The van der Waals surface area contributed by atoms with Gasteiger partial charge in [0.1, 0.15) is 16.7 Å². The molecule has 1 aromatic heterocycles. The van der Waals surface area contributed by atoms with E-state index in [9.17, 15) is 13.6 Å². The van der Waals surface area contributed by atoms with E-state index in [0.717, 1.165) is 12.1 Å². The number of likely N-dealkylation sites (N-methyl/N-ethyl adjacent to an activating group) is 1. The molecule has 0 saturated carbocycles. The number of amides is 1. The minimum atomic E-state index is -0.745. The Hall–Kier alpha value is -3.89. The molecule has 0 fully saturated rings. The lowest BCUT2D eigenvalue weighted by Gasteiger charge is -2.10. The molecule has 1 amide bonds. The van der Waals surface area contributed by atoms with E-state index >= 15 is 0 Å². The molecule has 2 aromatic carbocycles. The van der Waals surface area contributed by atoms with Crippen LogP contribution in [0, 0.1) is 11.6 Å². The molecule has 0 bridgehead atoms. The Bertz CT molecular complexity index is 1220. The van der Waals surface area contributed by atoms with Crippen LogP contribution in [0.15, 0.2) is 65.9 Å². The first-order chi connectivity index (χ1) is 16.3. The minimum absolute atomic E-state index is 0.0941. The highest BCUT2D eigenvalue weighted by Gasteiger charge is 2.07. The van der Waals surface area contributed by atoms with Gasteiger partial charge in [-0.05, 0) is 44.4 Å². The van der Waals surface area contributed by atoms with Crippen LogP contribution in [0.25, 0.3) is 0 Å². The molecule has 0 radical (unpaired) electrons. The summed E-state index contributed by atoms with van der Waals surface area (Å²) in [4.78, 5) is 22.3. The Labute approximate surface area is 200 Å². The van der Waals surface area contributed by atoms with Gasteiger partial charge in [-0.2, -0.15) is 10.1 Å². The number of nitrogens with zero attached hydrogens (tertiary/aromatic N) is 4. The molecule has 0 aliphatic heterocycles. The number of aromatic nitrogens is 2. The van der Waals surface area contributed by atoms with E-state index in [1.165, 1.54) is 24.6 Å². The average molecular weight is 486 g/mol. The van der Waals surface area contributed by atoms with E-state index in [1.54, 1.807) is 30.3 Å². The molecule has 0 aliphatic carbocycles. The van der Waals surface area contributed by atoms with E-state index in [0.29, 0.717) is 17.9 Å². The lowest BCUT2D eigenvalue weighted by molar-refractivity contribution is -0.111. The minimum Gasteiger partial charge on any atom is -0.339 e. The van der Waals surface area contributed by atoms with Gasteiger partial charge in [0.05, 0.1) is 12.4 Å². The monoisotopic (exact) mass is 485 g/mol. The van der Waals surface area contributed by atoms with Crippen molar-refractivity contribution in [1.29, 1.82) is 0 Å². The highest BCUT2D eigenvalue weighted by Crippen LogP contribution is 2.25. The average Bonchev–Trinajstić information content (AvgIpc) is 2.77. The molecule has 3 N–H and O–H groups in total. The van der Waals surface area contributed by atoms with Crippen molar-refractivity contribution in [2.24, 2.45) is 5.10 Å². The van der Waals surface area contributed by atoms with Crippen molar-refractivity contribution in [3.05, 3.63) is 83.0 Å². The van der Waals surface area contributed by atoms with Gasteiger partial charge >= 0.3 is 0 Å². The molecule has 0 saturated heterocycles. The number of halogens is 3. The Kier molecular flexibility index (Phi) is 8.60. The summed E-state index contributed by atoms with van der Waals surface area (Å²) in [5.41, 5.74) is 3.87. The topological polar surface area (TPSA) is 94.5 Å². The van der Waals surface area contributed by atoms with Crippen molar-refractivity contribution < 1.29 is 13.6 Å². The summed E-state index contributed by atoms with van der Waals surface area (Å²) in [6, 6.07) is 10.2. The van der Waals surface area contributed by atoms with Crippen LogP contribution in [-0.4, -0.2) is 47.6 Å². The predicted molar refractivity (Wildman–Crippen MR) is 131 cm³/mol. The molecule has 8 nitrogen and oxygen atoms in total. The number of benzene rings is 2. The summed E-state index contributed by atoms with van der Waals surface area (Å²) >= 11 is 6.20. The SMILES string of the molecule is CN(C)C/C=C/C(=O)Nc1cccc(Nc2nc(N/N=C/c3ccc(F)cc3F)ncc2Cl)c1. The maximum Gasteiger partial charge on any atom is 0.248 e. The molecule has 1 heterocycles. The highest BCUT2D eigenvalue weighted by molar-refractivity contribution is 6.32. The molecule has 34 heavy (non-hydrogen) atoms. The van der Waals surface area contributed by atoms with Crippen LogP contribution in [0.2, 0.25) is 5.02 Å². The van der Waals surface area contributed by atoms with Crippen LogP contribution in [0.1, 0.15) is 5.56 Å². The van der Waals surface area contributed by atoms with Gasteiger partial charge < -0.3 is 15.5 Å². The van der Waals surface area contributed by atoms with Gasteiger partial charge in [-0.25, -0.2) is 19.2 Å². The summed E-state index contributed by atoms with van der Waals surface area (Å²) in [6.45, 7) is 0.653. The number of hydrazone groups is 1. The van der Waals surface area contributed by atoms with Crippen molar-refractivity contribution in [3.8, 4) is 0 Å². The molecule has 0 atom stereocenters. The fourth-order valence-electron chi connectivity index (χ4n) is 2.64. The van der Waals surface area contributed by atoms with E-state index < -0.39 is 11.6 Å². The van der Waals surface area contributed by atoms with Crippen LogP contribution in [-0.2, 0) is 4.79 Å². The maximum atomic E-state index is 13.7. The van der Waals surface area contributed by atoms with Crippen molar-refractivity contribution in [1.82, 2.24) is 14.9 Å². The van der Waals surface area contributed by atoms with Crippen LogP contribution in [0.3, 0.4) is 0 Å². The number of carbonyl (C=O) groups excluding carboxylic acids is 1. The molecule has 0 unspecified atom stereocenters. The summed E-state index contributed by atoms with van der Waals surface area (Å²) < 4.78 is 26.7. The van der Waals surface area contributed by atoms with Crippen molar-refractivity contribution >= 4 is 46.9 Å². The third-order valence-electron chi connectivity index (χ3n) is 4.21. The number of hydrogen-bond acceptors (Lipinski definition) is 7. The zero-order valence-electron chi connectivity index (χ0n) is 18.4. The van der Waals surface area contributed by atoms with E-state index in [-0.39, 0.29) is 28.3 Å². The lowest BCUT2D eigenvalue weighted by Crippen LogP contribution is -2.13. The second-order valence-electron chi connectivity index (χ2n) is 7.29. The summed E-state index contributed by atoms with van der Waals surface area (Å²) in [5.74, 6) is -1.28. The Morgan fingerprint density at radius 1 is 1.18 bits per heavy atom. The molecule has 0 aliphatic rings. The standard InChI is InChI=1S/C23H22ClF2N7O/c1-33(2)10-4-7-21(34)29-17-5-3-6-18(12-17)30-22-19(24)14-27-23(31-22)32-28-13-15-8-9-16(25)11-20(15)26/h3-9,11-14H,10H2,1-2H3,(H,29,34)(H2,27,30,31,32)/b7-4+,28-13+. The molecule has 176 valence electrons. The number of hydrogen-bond donors (Lipinski definition) is 3. The fraction of sp³-hybridized carbons (Fsp3) is 0.130. The third kappa shape index (κ3) is 7.61. The molecule has 11 heteroatoms. The quantitative estimate of drug-likeness (QED) is 0.232. The molecule has 3 aromatic rings. The predicted octanol–water partition coefficient (Wildman–Crippen LogP) is 4.65. The van der Waals surface area contributed by atoms with Gasteiger partial charge in [-0.15, -0.1) is 0 Å². The Morgan fingerprint density at radius 3 is 2.74 bits per heavy atom. The van der Waals surface area contributed by atoms with Gasteiger partial charge in [0, 0.05) is 35.6 Å². The van der Waals surface area contributed by atoms with Gasteiger partial charge in [0.2, 0.25) is 11.9 Å². The lowest BCUT2D eigenvalue weighted by atomic mass is 10.2. The number of nitrogens with one attached hydrogen (secondary N) is 3. The molecular weight excluding hydrogens is 464 g/mol. The first-order valence-electron chi connectivity index (χ1n) is 10.1. The van der Waals surface area contributed by atoms with Crippen molar-refractivity contribution in [2.75, 3.05) is 36.7 Å². The Morgan fingerprint density at radius 2 is 1.97 bits per heavy atom.